The molecule has 2 aromatic rings. The average molecular weight is 460 g/mol. The molecule has 0 bridgehead atoms. The SMILES string of the molecule is C=C(Nc1ccc(Cl)c(NC2=CCCC=C2)c1)C1C(c2cc(C)cc(Cl)c2)C1(C)Cl. The van der Waals surface area contributed by atoms with E-state index < -0.39 is 4.87 Å². The molecule has 0 amide bonds. The summed E-state index contributed by atoms with van der Waals surface area (Å²) in [6.45, 7) is 8.40. The van der Waals surface area contributed by atoms with E-state index in [1.54, 1.807) is 0 Å². The second-order valence-electron chi connectivity index (χ2n) is 8.28. The van der Waals surface area contributed by atoms with E-state index in [4.69, 9.17) is 34.8 Å². The van der Waals surface area contributed by atoms with Gasteiger partial charge in [0.2, 0.25) is 0 Å². The summed E-state index contributed by atoms with van der Waals surface area (Å²) in [7, 11) is 0. The van der Waals surface area contributed by atoms with Crippen molar-refractivity contribution in [3.05, 3.63) is 93.8 Å². The molecule has 2 aliphatic rings. The number of rotatable bonds is 6. The minimum Gasteiger partial charge on any atom is -0.359 e. The first kappa shape index (κ1) is 21.4. The zero-order chi connectivity index (χ0) is 21.5. The zero-order valence-corrected chi connectivity index (χ0v) is 19.4. The predicted octanol–water partition coefficient (Wildman–Crippen LogP) is 8.28. The molecular formula is C25H25Cl3N2. The van der Waals surface area contributed by atoms with Gasteiger partial charge < -0.3 is 10.6 Å². The third-order valence-corrected chi connectivity index (χ3v) is 6.80. The molecule has 2 N–H and O–H groups in total. The molecule has 2 aromatic carbocycles. The summed E-state index contributed by atoms with van der Waals surface area (Å²) in [6.07, 6.45) is 8.53. The third-order valence-electron chi connectivity index (χ3n) is 5.78. The summed E-state index contributed by atoms with van der Waals surface area (Å²) in [5, 5.41) is 8.26. The topological polar surface area (TPSA) is 24.1 Å². The fourth-order valence-corrected chi connectivity index (χ4v) is 5.22. The van der Waals surface area contributed by atoms with Crippen LogP contribution >= 0.6 is 34.8 Å². The summed E-state index contributed by atoms with van der Waals surface area (Å²) in [5.74, 6) is 0.270. The molecule has 0 spiro atoms. The van der Waals surface area contributed by atoms with Crippen molar-refractivity contribution in [3.8, 4) is 0 Å². The van der Waals surface area contributed by atoms with Crippen LogP contribution < -0.4 is 10.6 Å². The smallest absolute Gasteiger partial charge is 0.0642 e. The van der Waals surface area contributed by atoms with Crippen molar-refractivity contribution in [1.29, 1.82) is 0 Å². The van der Waals surface area contributed by atoms with Gasteiger partial charge in [0.15, 0.2) is 0 Å². The highest BCUT2D eigenvalue weighted by Gasteiger charge is 2.62. The molecule has 1 fully saturated rings. The van der Waals surface area contributed by atoms with Crippen molar-refractivity contribution < 1.29 is 0 Å². The first-order valence-corrected chi connectivity index (χ1v) is 11.2. The molecular weight excluding hydrogens is 435 g/mol. The van der Waals surface area contributed by atoms with Crippen molar-refractivity contribution in [2.45, 2.75) is 37.5 Å². The molecule has 4 rings (SSSR count). The lowest BCUT2D eigenvalue weighted by Gasteiger charge is -2.15. The second kappa shape index (κ2) is 8.34. The molecule has 2 nitrogen and oxygen atoms in total. The second-order valence-corrected chi connectivity index (χ2v) is 9.94. The maximum absolute atomic E-state index is 6.87. The Bertz CT molecular complexity index is 1030. The lowest BCUT2D eigenvalue weighted by molar-refractivity contribution is 0.899. The monoisotopic (exact) mass is 458 g/mol. The van der Waals surface area contributed by atoms with Gasteiger partial charge in [-0.15, -0.1) is 11.6 Å². The van der Waals surface area contributed by atoms with E-state index in [-0.39, 0.29) is 11.8 Å². The summed E-state index contributed by atoms with van der Waals surface area (Å²) >= 11 is 19.5. The van der Waals surface area contributed by atoms with Gasteiger partial charge >= 0.3 is 0 Å². The minimum atomic E-state index is -0.396. The number of hydrogen-bond donors (Lipinski definition) is 2. The highest BCUT2D eigenvalue weighted by molar-refractivity contribution is 6.33. The maximum atomic E-state index is 6.87. The fraction of sp³-hybridized carbons (Fsp3) is 0.280. The van der Waals surface area contributed by atoms with Gasteiger partial charge in [0, 0.05) is 33.9 Å². The molecule has 0 heterocycles. The number of allylic oxidation sites excluding steroid dienone is 4. The highest BCUT2D eigenvalue weighted by atomic mass is 35.5. The van der Waals surface area contributed by atoms with Crippen molar-refractivity contribution in [3.63, 3.8) is 0 Å². The summed E-state index contributed by atoms with van der Waals surface area (Å²) in [4.78, 5) is -0.396. The van der Waals surface area contributed by atoms with Gasteiger partial charge in [0.25, 0.3) is 0 Å². The van der Waals surface area contributed by atoms with Crippen LogP contribution in [0.5, 0.6) is 0 Å². The highest BCUT2D eigenvalue weighted by Crippen LogP contribution is 2.64. The minimum absolute atomic E-state index is 0.105. The van der Waals surface area contributed by atoms with Gasteiger partial charge in [-0.25, -0.2) is 0 Å². The van der Waals surface area contributed by atoms with Gasteiger partial charge in [-0.05, 0) is 74.2 Å². The Balaban J connectivity index is 1.50. The van der Waals surface area contributed by atoms with Crippen LogP contribution in [0.3, 0.4) is 0 Å². The molecule has 0 aromatic heterocycles. The van der Waals surface area contributed by atoms with Crippen LogP contribution in [0.1, 0.15) is 36.8 Å². The quantitative estimate of drug-likeness (QED) is 0.425. The van der Waals surface area contributed by atoms with Crippen molar-refractivity contribution >= 4 is 46.2 Å². The Morgan fingerprint density at radius 2 is 1.93 bits per heavy atom. The van der Waals surface area contributed by atoms with Crippen LogP contribution in [-0.4, -0.2) is 4.87 Å². The summed E-state index contributed by atoms with van der Waals surface area (Å²) < 4.78 is 0. The number of aryl methyl sites for hydroxylation is 1. The van der Waals surface area contributed by atoms with Crippen LogP contribution in [0.2, 0.25) is 10.0 Å². The number of anilines is 2. The molecule has 156 valence electrons. The van der Waals surface area contributed by atoms with Crippen molar-refractivity contribution in [1.82, 2.24) is 0 Å². The molecule has 2 aliphatic carbocycles. The molecule has 0 aliphatic heterocycles. The van der Waals surface area contributed by atoms with E-state index in [2.05, 4.69) is 48.4 Å². The standard InChI is InChI=1S/C25H25Cl3N2/c1-15-11-17(13-18(26)12-15)24-23(25(24,3)28)16(2)29-20-9-10-21(27)22(14-20)30-19-7-5-4-6-8-19/h5,7-14,23-24,29-30H,2,4,6H2,1,3H3. The zero-order valence-electron chi connectivity index (χ0n) is 17.1. The van der Waals surface area contributed by atoms with E-state index in [0.717, 1.165) is 51.8 Å². The van der Waals surface area contributed by atoms with E-state index in [1.807, 2.05) is 37.3 Å². The predicted molar refractivity (Wildman–Crippen MR) is 131 cm³/mol. The van der Waals surface area contributed by atoms with E-state index in [0.29, 0.717) is 5.02 Å². The summed E-state index contributed by atoms with van der Waals surface area (Å²) in [6, 6.07) is 12.0. The van der Waals surface area contributed by atoms with Crippen LogP contribution in [0, 0.1) is 12.8 Å². The summed E-state index contributed by atoms with van der Waals surface area (Å²) in [5.41, 5.74) is 6.02. The number of halogens is 3. The fourth-order valence-electron chi connectivity index (χ4n) is 4.31. The Morgan fingerprint density at radius 1 is 1.13 bits per heavy atom. The first-order chi connectivity index (χ1) is 14.3. The molecule has 0 saturated heterocycles. The number of nitrogens with one attached hydrogen (secondary N) is 2. The Hall–Kier alpha value is -1.87. The van der Waals surface area contributed by atoms with Gasteiger partial charge in [-0.1, -0.05) is 48.0 Å². The normalized spacial score (nSPS) is 24.9. The van der Waals surface area contributed by atoms with Gasteiger partial charge in [0.05, 0.1) is 15.6 Å². The van der Waals surface area contributed by atoms with Crippen molar-refractivity contribution in [2.24, 2.45) is 5.92 Å². The van der Waals surface area contributed by atoms with E-state index in [9.17, 15) is 0 Å². The van der Waals surface area contributed by atoms with Gasteiger partial charge in [0.1, 0.15) is 0 Å². The molecule has 3 atom stereocenters. The number of benzene rings is 2. The first-order valence-electron chi connectivity index (χ1n) is 10.1. The Kier molecular flexibility index (Phi) is 5.94. The molecule has 5 heteroatoms. The van der Waals surface area contributed by atoms with Crippen LogP contribution in [0.25, 0.3) is 0 Å². The largest absolute Gasteiger partial charge is 0.359 e. The van der Waals surface area contributed by atoms with Crippen LogP contribution in [0.4, 0.5) is 11.4 Å². The lowest BCUT2D eigenvalue weighted by Crippen LogP contribution is -2.06. The van der Waals surface area contributed by atoms with E-state index in [1.165, 1.54) is 0 Å². The molecule has 0 radical (unpaired) electrons. The number of alkyl halides is 1. The van der Waals surface area contributed by atoms with E-state index >= 15 is 0 Å². The Morgan fingerprint density at radius 3 is 2.63 bits per heavy atom. The van der Waals surface area contributed by atoms with Gasteiger partial charge in [-0.3, -0.25) is 0 Å². The maximum Gasteiger partial charge on any atom is 0.0642 e. The van der Waals surface area contributed by atoms with Gasteiger partial charge in [-0.2, -0.15) is 0 Å². The third kappa shape index (κ3) is 4.42. The van der Waals surface area contributed by atoms with Crippen LogP contribution in [0.15, 0.2) is 72.6 Å². The van der Waals surface area contributed by atoms with Crippen molar-refractivity contribution in [2.75, 3.05) is 10.6 Å². The number of hydrogen-bond acceptors (Lipinski definition) is 2. The average Bonchev–Trinajstić information content (AvgIpc) is 3.27. The molecule has 1 saturated carbocycles. The van der Waals surface area contributed by atoms with Crippen LogP contribution in [-0.2, 0) is 0 Å². The lowest BCUT2D eigenvalue weighted by atomic mass is 10.0. The molecule has 3 unspecified atom stereocenters. The molecule has 30 heavy (non-hydrogen) atoms. The Labute approximate surface area is 193 Å².